The van der Waals surface area contributed by atoms with E-state index in [0.717, 1.165) is 0 Å². The van der Waals surface area contributed by atoms with Crippen molar-refractivity contribution in [2.24, 2.45) is 5.92 Å². The quantitative estimate of drug-likeness (QED) is 0.817. The van der Waals surface area contributed by atoms with Crippen molar-refractivity contribution in [2.45, 2.75) is 19.4 Å². The van der Waals surface area contributed by atoms with Crippen LogP contribution in [0.25, 0.3) is 5.57 Å². The van der Waals surface area contributed by atoms with E-state index in [1.165, 1.54) is 12.1 Å². The van der Waals surface area contributed by atoms with Crippen LogP contribution in [0.4, 0.5) is 4.39 Å². The predicted octanol–water partition coefficient (Wildman–Crippen LogP) is 1.03. The first kappa shape index (κ1) is 18.1. The molecule has 2 aliphatic rings. The van der Waals surface area contributed by atoms with Crippen molar-refractivity contribution in [2.75, 3.05) is 26.7 Å². The van der Waals surface area contributed by atoms with E-state index in [1.54, 1.807) is 42.0 Å². The molecule has 2 fully saturated rings. The molecule has 0 aromatic heterocycles. The molecule has 2 aliphatic heterocycles. The van der Waals surface area contributed by atoms with Crippen molar-refractivity contribution in [1.29, 1.82) is 0 Å². The van der Waals surface area contributed by atoms with E-state index < -0.39 is 0 Å². The van der Waals surface area contributed by atoms with Gasteiger partial charge >= 0.3 is 0 Å². The van der Waals surface area contributed by atoms with Gasteiger partial charge in [-0.15, -0.1) is 0 Å². The zero-order chi connectivity index (χ0) is 18.8. The second-order valence-electron chi connectivity index (χ2n) is 6.77. The van der Waals surface area contributed by atoms with E-state index >= 15 is 0 Å². The van der Waals surface area contributed by atoms with Crippen LogP contribution in [0.15, 0.2) is 30.3 Å². The predicted molar refractivity (Wildman–Crippen MR) is 94.3 cm³/mol. The Hall–Kier alpha value is -2.70. The first-order valence-corrected chi connectivity index (χ1v) is 8.64. The van der Waals surface area contributed by atoms with Gasteiger partial charge in [0.2, 0.25) is 17.7 Å². The van der Waals surface area contributed by atoms with Crippen LogP contribution in [-0.2, 0) is 14.4 Å². The zero-order valence-electron chi connectivity index (χ0n) is 14.9. The molecular weight excluding hydrogens is 337 g/mol. The highest BCUT2D eigenvalue weighted by Gasteiger charge is 2.42. The molecule has 1 N–H and O–H groups in total. The van der Waals surface area contributed by atoms with Gasteiger partial charge in [0.25, 0.3) is 0 Å². The summed E-state index contributed by atoms with van der Waals surface area (Å²) in [6, 6.07) is 6.27. The number of halogens is 1. The smallest absolute Gasteiger partial charge is 0.246 e. The molecule has 3 rings (SSSR count). The van der Waals surface area contributed by atoms with E-state index in [1.807, 2.05) is 0 Å². The second-order valence-corrected chi connectivity index (χ2v) is 6.77. The first-order valence-electron chi connectivity index (χ1n) is 8.64. The minimum Gasteiger partial charge on any atom is -0.359 e. The summed E-state index contributed by atoms with van der Waals surface area (Å²) in [5.41, 5.74) is 0.967. The lowest BCUT2D eigenvalue weighted by atomic mass is 10.0. The summed E-state index contributed by atoms with van der Waals surface area (Å²) in [7, 11) is 1.56. The average molecular weight is 359 g/mol. The van der Waals surface area contributed by atoms with Crippen LogP contribution >= 0.6 is 0 Å². The average Bonchev–Trinajstić information content (AvgIpc) is 2.94. The van der Waals surface area contributed by atoms with Crippen LogP contribution in [0.1, 0.15) is 18.9 Å². The van der Waals surface area contributed by atoms with Crippen molar-refractivity contribution in [3.63, 3.8) is 0 Å². The molecule has 1 aromatic carbocycles. The van der Waals surface area contributed by atoms with Crippen molar-refractivity contribution in [3.8, 4) is 0 Å². The van der Waals surface area contributed by atoms with Crippen molar-refractivity contribution in [3.05, 3.63) is 41.7 Å². The minimum absolute atomic E-state index is 0.0474. The molecular formula is C19H22FN3O3. The van der Waals surface area contributed by atoms with Gasteiger partial charge in [-0.3, -0.25) is 14.4 Å². The summed E-state index contributed by atoms with van der Waals surface area (Å²) in [6.45, 7) is 2.97. The van der Waals surface area contributed by atoms with Gasteiger partial charge in [0.15, 0.2) is 0 Å². The lowest BCUT2D eigenvalue weighted by Gasteiger charge is -2.43. The number of allylic oxidation sites excluding steroid dienone is 1. The maximum Gasteiger partial charge on any atom is 0.246 e. The summed E-state index contributed by atoms with van der Waals surface area (Å²) >= 11 is 0. The fourth-order valence-corrected chi connectivity index (χ4v) is 3.43. The second kappa shape index (κ2) is 7.27. The van der Waals surface area contributed by atoms with Gasteiger partial charge in [0.1, 0.15) is 5.82 Å². The highest BCUT2D eigenvalue weighted by molar-refractivity contribution is 5.95. The molecule has 3 amide bonds. The standard InChI is InChI=1S/C19H22FN3O3/c1-12(15-5-3-4-6-16(15)20)7-17(24)22-10-14(11-22)23-9-13(8-18(23)25)19(26)21-2/h3-7,13-14H,8-11H2,1-2H3,(H,21,26)/b12-7+. The summed E-state index contributed by atoms with van der Waals surface area (Å²) in [4.78, 5) is 39.5. The number of nitrogens with zero attached hydrogens (tertiary/aromatic N) is 2. The summed E-state index contributed by atoms with van der Waals surface area (Å²) in [5.74, 6) is -1.05. The van der Waals surface area contributed by atoms with Gasteiger partial charge in [-0.1, -0.05) is 18.2 Å². The molecule has 0 spiro atoms. The zero-order valence-corrected chi connectivity index (χ0v) is 14.9. The van der Waals surface area contributed by atoms with Gasteiger partial charge in [-0.25, -0.2) is 4.39 Å². The number of nitrogens with one attached hydrogen (secondary N) is 1. The van der Waals surface area contributed by atoms with Crippen LogP contribution in [0.5, 0.6) is 0 Å². The van der Waals surface area contributed by atoms with Crippen LogP contribution in [0.3, 0.4) is 0 Å². The maximum atomic E-state index is 13.8. The van der Waals surface area contributed by atoms with Gasteiger partial charge in [-0.05, 0) is 18.6 Å². The van der Waals surface area contributed by atoms with Crippen LogP contribution in [0, 0.1) is 11.7 Å². The van der Waals surface area contributed by atoms with E-state index in [-0.39, 0.29) is 41.9 Å². The molecule has 7 heteroatoms. The highest BCUT2D eigenvalue weighted by atomic mass is 19.1. The number of likely N-dealkylation sites (tertiary alicyclic amines) is 2. The van der Waals surface area contributed by atoms with E-state index in [4.69, 9.17) is 0 Å². The molecule has 138 valence electrons. The van der Waals surface area contributed by atoms with E-state index in [2.05, 4.69) is 5.32 Å². The molecule has 2 heterocycles. The number of amides is 3. The normalized spacial score (nSPS) is 21.0. The van der Waals surface area contributed by atoms with Gasteiger partial charge in [-0.2, -0.15) is 0 Å². The monoisotopic (exact) mass is 359 g/mol. The van der Waals surface area contributed by atoms with Crippen molar-refractivity contribution in [1.82, 2.24) is 15.1 Å². The molecule has 6 nitrogen and oxygen atoms in total. The number of carbonyl (C=O) groups is 3. The Morgan fingerprint density at radius 1 is 1.23 bits per heavy atom. The molecule has 0 bridgehead atoms. The molecule has 1 atom stereocenters. The molecule has 26 heavy (non-hydrogen) atoms. The van der Waals surface area contributed by atoms with E-state index in [9.17, 15) is 18.8 Å². The van der Waals surface area contributed by atoms with Gasteiger partial charge in [0.05, 0.1) is 12.0 Å². The summed E-state index contributed by atoms with van der Waals surface area (Å²) < 4.78 is 13.8. The third-order valence-corrected chi connectivity index (χ3v) is 5.03. The van der Waals surface area contributed by atoms with Crippen molar-refractivity contribution >= 4 is 23.3 Å². The number of benzene rings is 1. The Morgan fingerprint density at radius 3 is 2.58 bits per heavy atom. The molecule has 0 radical (unpaired) electrons. The van der Waals surface area contributed by atoms with Crippen LogP contribution in [-0.4, -0.2) is 60.2 Å². The van der Waals surface area contributed by atoms with Crippen LogP contribution in [0.2, 0.25) is 0 Å². The van der Waals surface area contributed by atoms with E-state index in [0.29, 0.717) is 30.8 Å². The summed E-state index contributed by atoms with van der Waals surface area (Å²) in [5, 5.41) is 2.57. The van der Waals surface area contributed by atoms with Gasteiger partial charge in [0, 0.05) is 44.7 Å². The van der Waals surface area contributed by atoms with Gasteiger partial charge < -0.3 is 15.1 Å². The lowest BCUT2D eigenvalue weighted by molar-refractivity contribution is -0.140. The highest BCUT2D eigenvalue weighted by Crippen LogP contribution is 2.26. The van der Waals surface area contributed by atoms with Crippen LogP contribution < -0.4 is 5.32 Å². The lowest BCUT2D eigenvalue weighted by Crippen LogP contribution is -2.61. The SMILES string of the molecule is CNC(=O)C1CC(=O)N(C2CN(C(=O)/C=C(\C)c3ccccc3F)C2)C1. The number of carbonyl (C=O) groups excluding carboxylic acids is 3. The molecule has 0 saturated carbocycles. The Bertz CT molecular complexity index is 771. The fourth-order valence-electron chi connectivity index (χ4n) is 3.43. The number of hydrogen-bond donors (Lipinski definition) is 1. The minimum atomic E-state index is -0.363. The third-order valence-electron chi connectivity index (χ3n) is 5.03. The largest absolute Gasteiger partial charge is 0.359 e. The third kappa shape index (κ3) is 3.47. The number of hydrogen-bond acceptors (Lipinski definition) is 3. The maximum absolute atomic E-state index is 13.8. The molecule has 2 saturated heterocycles. The first-order chi connectivity index (χ1) is 12.4. The number of rotatable bonds is 4. The van der Waals surface area contributed by atoms with Crippen molar-refractivity contribution < 1.29 is 18.8 Å². The Labute approximate surface area is 151 Å². The molecule has 1 unspecified atom stereocenters. The summed E-state index contributed by atoms with van der Waals surface area (Å²) in [6.07, 6.45) is 1.64. The topological polar surface area (TPSA) is 69.7 Å². The fraction of sp³-hybridized carbons (Fsp3) is 0.421. The Kier molecular flexibility index (Phi) is 5.06. The molecule has 1 aromatic rings. The Morgan fingerprint density at radius 2 is 1.92 bits per heavy atom. The molecule has 0 aliphatic carbocycles. The Balaban J connectivity index is 1.57.